The van der Waals surface area contributed by atoms with Crippen LogP contribution in [0.2, 0.25) is 0 Å². The van der Waals surface area contributed by atoms with Gasteiger partial charge in [0.2, 0.25) is 0 Å². The molecule has 1 aromatic carbocycles. The highest BCUT2D eigenvalue weighted by Gasteiger charge is 2.36. The van der Waals surface area contributed by atoms with Crippen molar-refractivity contribution in [1.82, 2.24) is 14.8 Å². The summed E-state index contributed by atoms with van der Waals surface area (Å²) < 4.78 is 1.79. The lowest BCUT2D eigenvalue weighted by atomic mass is 9.83. The number of nitrogens with zero attached hydrogens (tertiary/aromatic N) is 3. The number of hydrogen-bond donors (Lipinski definition) is 1. The number of pyridine rings is 1. The molecule has 3 heterocycles. The molecule has 146 valence electrons. The molecule has 4 rings (SSSR count). The molecular weight excluding hydrogens is 368 g/mol. The fraction of sp³-hybridized carbons (Fsp3) is 0.273. The smallest absolute Gasteiger partial charge is 0.323 e. The Morgan fingerprint density at radius 2 is 1.86 bits per heavy atom. The third-order valence-corrected chi connectivity index (χ3v) is 5.46. The van der Waals surface area contributed by atoms with Gasteiger partial charge < -0.3 is 9.47 Å². The molecule has 29 heavy (non-hydrogen) atoms. The molecule has 0 unspecified atom stereocenters. The number of carbonyl (C=O) groups is 2. The minimum Gasteiger partial charge on any atom is -0.323 e. The molecule has 2 atom stereocenters. The first-order chi connectivity index (χ1) is 14.0. The van der Waals surface area contributed by atoms with Crippen LogP contribution in [0.5, 0.6) is 0 Å². The summed E-state index contributed by atoms with van der Waals surface area (Å²) >= 11 is 0. The van der Waals surface area contributed by atoms with E-state index in [0.717, 1.165) is 12.1 Å². The van der Waals surface area contributed by atoms with E-state index in [1.807, 2.05) is 18.2 Å². The highest BCUT2D eigenvalue weighted by molar-refractivity contribution is 6.08. The number of piperidine rings is 1. The molecule has 1 N–H and O–H groups in total. The summed E-state index contributed by atoms with van der Waals surface area (Å²) in [6.07, 6.45) is 2.37. The Morgan fingerprint density at radius 3 is 2.62 bits per heavy atom. The van der Waals surface area contributed by atoms with Crippen molar-refractivity contribution >= 4 is 18.0 Å². The molecule has 0 aliphatic carbocycles. The number of benzene rings is 1. The van der Waals surface area contributed by atoms with Crippen LogP contribution >= 0.6 is 0 Å². The van der Waals surface area contributed by atoms with Gasteiger partial charge in [0.25, 0.3) is 11.5 Å². The van der Waals surface area contributed by atoms with E-state index in [1.54, 1.807) is 45.9 Å². The fourth-order valence-corrected chi connectivity index (χ4v) is 4.17. The second kappa shape index (κ2) is 7.76. The number of carbonyl (C=O) groups excluding carboxylic acids is 2. The zero-order valence-electron chi connectivity index (χ0n) is 15.7. The van der Waals surface area contributed by atoms with E-state index in [0.29, 0.717) is 25.2 Å². The summed E-state index contributed by atoms with van der Waals surface area (Å²) in [5, 5.41) is 11.6. The molecule has 2 aliphatic rings. The van der Waals surface area contributed by atoms with Crippen LogP contribution < -0.4 is 10.9 Å². The fourth-order valence-electron chi connectivity index (χ4n) is 4.17. The topological polar surface area (TPSA) is 95.2 Å². The van der Waals surface area contributed by atoms with E-state index in [2.05, 4.69) is 5.32 Å². The lowest BCUT2D eigenvalue weighted by molar-refractivity contribution is -0.116. The Labute approximate surface area is 167 Å². The Balaban J connectivity index is 1.47. The van der Waals surface area contributed by atoms with Gasteiger partial charge in [-0.3, -0.25) is 14.9 Å². The summed E-state index contributed by atoms with van der Waals surface area (Å²) in [5.74, 6) is -0.487. The number of likely N-dealkylation sites (tertiary alicyclic amines) is 1. The Kier molecular flexibility index (Phi) is 5.00. The van der Waals surface area contributed by atoms with Crippen LogP contribution in [-0.4, -0.2) is 34.5 Å². The van der Waals surface area contributed by atoms with Gasteiger partial charge in [-0.25, -0.2) is 4.79 Å². The Hall–Kier alpha value is -3.66. The van der Waals surface area contributed by atoms with Crippen molar-refractivity contribution in [3.05, 3.63) is 75.7 Å². The molecule has 0 saturated carbocycles. The van der Waals surface area contributed by atoms with Crippen LogP contribution in [0.15, 0.2) is 58.9 Å². The third-order valence-electron chi connectivity index (χ3n) is 5.46. The van der Waals surface area contributed by atoms with E-state index >= 15 is 0 Å². The largest absolute Gasteiger partial charge is 0.324 e. The van der Waals surface area contributed by atoms with Crippen LogP contribution in [0.1, 0.15) is 23.6 Å². The first-order valence-corrected chi connectivity index (χ1v) is 9.52. The highest BCUT2D eigenvalue weighted by Crippen LogP contribution is 2.34. The van der Waals surface area contributed by atoms with E-state index in [4.69, 9.17) is 0 Å². The number of aromatic nitrogens is 1. The van der Waals surface area contributed by atoms with Gasteiger partial charge in [0.05, 0.1) is 0 Å². The van der Waals surface area contributed by atoms with Crippen LogP contribution in [0, 0.1) is 17.2 Å². The van der Waals surface area contributed by atoms with E-state index < -0.39 is 11.9 Å². The van der Waals surface area contributed by atoms with Crippen molar-refractivity contribution in [2.24, 2.45) is 5.92 Å². The zero-order chi connectivity index (χ0) is 20.4. The van der Waals surface area contributed by atoms with E-state index in [9.17, 15) is 19.6 Å². The van der Waals surface area contributed by atoms with Gasteiger partial charge in [0.1, 0.15) is 11.6 Å². The molecule has 1 aromatic heterocycles. The van der Waals surface area contributed by atoms with Crippen LogP contribution in [0.4, 0.5) is 4.79 Å². The normalized spacial score (nSPS) is 20.4. The molecule has 0 spiro atoms. The third kappa shape index (κ3) is 3.83. The molecule has 7 heteroatoms. The Morgan fingerprint density at radius 1 is 1.07 bits per heavy atom. The molecule has 1 fully saturated rings. The van der Waals surface area contributed by atoms with E-state index in [1.165, 1.54) is 6.08 Å². The number of rotatable bonds is 2. The molecule has 3 amide bonds. The minimum atomic E-state index is -0.714. The predicted molar refractivity (Wildman–Crippen MR) is 107 cm³/mol. The van der Waals surface area contributed by atoms with Gasteiger partial charge in [-0.2, -0.15) is 5.26 Å². The minimum absolute atomic E-state index is 0.0185. The van der Waals surface area contributed by atoms with Gasteiger partial charge in [0.15, 0.2) is 0 Å². The summed E-state index contributed by atoms with van der Waals surface area (Å²) in [4.78, 5) is 38.8. The van der Waals surface area contributed by atoms with Gasteiger partial charge in [-0.1, -0.05) is 36.4 Å². The molecule has 0 radical (unpaired) electrons. The Bertz CT molecular complexity index is 1080. The van der Waals surface area contributed by atoms with Gasteiger partial charge in [0, 0.05) is 37.3 Å². The molecule has 2 aliphatic heterocycles. The molecule has 1 saturated heterocycles. The van der Waals surface area contributed by atoms with Crippen molar-refractivity contribution < 1.29 is 9.59 Å². The lowest BCUT2D eigenvalue weighted by Crippen LogP contribution is -2.52. The average Bonchev–Trinajstić information content (AvgIpc) is 2.73. The maximum absolute atomic E-state index is 12.7. The van der Waals surface area contributed by atoms with Crippen LogP contribution in [-0.2, 0) is 11.3 Å². The summed E-state index contributed by atoms with van der Waals surface area (Å²) in [5.41, 5.74) is 1.49. The predicted octanol–water partition coefficient (Wildman–Crippen LogP) is 2.11. The van der Waals surface area contributed by atoms with Crippen LogP contribution in [0.3, 0.4) is 0 Å². The number of hydrogen-bond acceptors (Lipinski definition) is 4. The second-order valence-electron chi connectivity index (χ2n) is 7.44. The molecule has 2 bridgehead atoms. The van der Waals surface area contributed by atoms with Gasteiger partial charge in [-0.15, -0.1) is 0 Å². The zero-order valence-corrected chi connectivity index (χ0v) is 15.7. The number of fused-ring (bicyclic) bond motifs is 4. The van der Waals surface area contributed by atoms with Gasteiger partial charge in [-0.05, 0) is 30.0 Å². The van der Waals surface area contributed by atoms with Crippen molar-refractivity contribution in [2.45, 2.75) is 18.9 Å². The highest BCUT2D eigenvalue weighted by atomic mass is 16.2. The maximum Gasteiger partial charge on any atom is 0.324 e. The number of imide groups is 1. The number of nitrogens with one attached hydrogen (secondary N) is 1. The lowest BCUT2D eigenvalue weighted by Gasteiger charge is -2.42. The monoisotopic (exact) mass is 388 g/mol. The van der Waals surface area contributed by atoms with Crippen molar-refractivity contribution in [3.8, 4) is 6.07 Å². The second-order valence-corrected chi connectivity index (χ2v) is 7.44. The number of nitriles is 1. The van der Waals surface area contributed by atoms with Crippen molar-refractivity contribution in [1.29, 1.82) is 5.26 Å². The summed E-state index contributed by atoms with van der Waals surface area (Å²) in [7, 11) is 0. The average molecular weight is 388 g/mol. The van der Waals surface area contributed by atoms with Crippen molar-refractivity contribution in [3.63, 3.8) is 0 Å². The summed E-state index contributed by atoms with van der Waals surface area (Å²) in [6.45, 7) is 1.48. The maximum atomic E-state index is 12.7. The number of urea groups is 1. The van der Waals surface area contributed by atoms with Gasteiger partial charge >= 0.3 is 6.03 Å². The quantitative estimate of drug-likeness (QED) is 0.630. The van der Waals surface area contributed by atoms with Crippen LogP contribution in [0.25, 0.3) is 6.08 Å². The first kappa shape index (κ1) is 18.7. The van der Waals surface area contributed by atoms with Crippen molar-refractivity contribution in [2.75, 3.05) is 13.1 Å². The molecular formula is C22H20N4O3. The number of amides is 3. The molecule has 7 nitrogen and oxygen atoms in total. The summed E-state index contributed by atoms with van der Waals surface area (Å²) in [6, 6.07) is 15.6. The first-order valence-electron chi connectivity index (χ1n) is 9.52. The standard InChI is InChI=1S/C22H20N4O3/c23-11-17(9-15-5-2-1-3-6-15)21(28)24-22(29)25-12-16-10-18(14-25)19-7-4-8-20(27)26(19)13-16/h1-9,16,18H,10,12-14H2,(H,24,28,29)/b17-9+/t16-,18+/m0/s1. The SMILES string of the molecule is N#C/C(=C\c1ccccc1)C(=O)NC(=O)N1C[C@@H]2C[C@H](C1)c1cccc(=O)n1C2. The molecule has 2 aromatic rings. The van der Waals surface area contributed by atoms with E-state index in [-0.39, 0.29) is 23.0 Å².